The average molecular weight is 559 g/mol. The normalized spacial score (nSPS) is 44.3. The van der Waals surface area contributed by atoms with Crippen molar-refractivity contribution < 1.29 is 58.7 Å². The smallest absolute Gasteiger partial charge is 0.338 e. The lowest BCUT2D eigenvalue weighted by molar-refractivity contribution is -0.403. The van der Waals surface area contributed by atoms with Crippen molar-refractivity contribution in [3.05, 3.63) is 60.2 Å². The fourth-order valence-electron chi connectivity index (χ4n) is 7.09. The highest BCUT2D eigenvalue weighted by Gasteiger charge is 2.91. The minimum Gasteiger partial charge on any atom is -0.508 e. The van der Waals surface area contributed by atoms with Crippen LogP contribution in [0.4, 0.5) is 0 Å². The van der Waals surface area contributed by atoms with Crippen LogP contribution in [0.1, 0.15) is 23.2 Å². The van der Waals surface area contributed by atoms with Crippen LogP contribution in [-0.2, 0) is 23.7 Å². The van der Waals surface area contributed by atoms with Crippen LogP contribution < -0.4 is 4.74 Å². The van der Waals surface area contributed by atoms with E-state index in [0.29, 0.717) is 11.3 Å². The van der Waals surface area contributed by atoms with Crippen LogP contribution in [0.25, 0.3) is 0 Å². The third-order valence-electron chi connectivity index (χ3n) is 9.18. The van der Waals surface area contributed by atoms with Crippen molar-refractivity contribution in [2.75, 3.05) is 13.2 Å². The molecule has 9 rings (SSSR count). The fraction of sp³-hybridized carbons (Fsp3) is 0.536. The third-order valence-corrected chi connectivity index (χ3v) is 9.18. The summed E-state index contributed by atoms with van der Waals surface area (Å²) in [5.74, 6) is -2.01. The number of rotatable bonds is 8. The first kappa shape index (κ1) is 26.1. The van der Waals surface area contributed by atoms with Crippen LogP contribution in [0, 0.1) is 11.3 Å². The van der Waals surface area contributed by atoms with Gasteiger partial charge in [-0.3, -0.25) is 0 Å². The topological polar surface area (TPSA) is 174 Å². The van der Waals surface area contributed by atoms with E-state index in [9.17, 15) is 30.3 Å². The highest BCUT2D eigenvalue weighted by molar-refractivity contribution is 5.89. The summed E-state index contributed by atoms with van der Waals surface area (Å²) < 4.78 is 35.7. The van der Waals surface area contributed by atoms with Crippen LogP contribution >= 0.6 is 0 Å². The van der Waals surface area contributed by atoms with Gasteiger partial charge in [0.2, 0.25) is 0 Å². The van der Waals surface area contributed by atoms with Gasteiger partial charge in [-0.25, -0.2) is 4.79 Å². The molecule has 12 heteroatoms. The number of ether oxygens (including phenoxy) is 6. The summed E-state index contributed by atoms with van der Waals surface area (Å²) in [4.78, 5) is 12.8. The molecule has 11 unspecified atom stereocenters. The summed E-state index contributed by atoms with van der Waals surface area (Å²) in [6.07, 6.45) is -8.33. The summed E-state index contributed by atoms with van der Waals surface area (Å²) in [5, 5.41) is 52.7. The van der Waals surface area contributed by atoms with Crippen LogP contribution in [0.2, 0.25) is 0 Å². The van der Waals surface area contributed by atoms with E-state index in [1.807, 2.05) is 0 Å². The maximum Gasteiger partial charge on any atom is 0.338 e. The minimum absolute atomic E-state index is 0.0608. The zero-order chi connectivity index (χ0) is 27.9. The van der Waals surface area contributed by atoms with Crippen LogP contribution in [0.15, 0.2) is 54.6 Å². The van der Waals surface area contributed by atoms with Gasteiger partial charge < -0.3 is 54.0 Å². The highest BCUT2D eigenvalue weighted by atomic mass is 16.8. The molecule has 7 fully saturated rings. The quantitative estimate of drug-likeness (QED) is 0.276. The molecule has 2 aromatic carbocycles. The largest absolute Gasteiger partial charge is 0.508 e. The van der Waals surface area contributed by atoms with Crippen molar-refractivity contribution >= 4 is 5.97 Å². The Morgan fingerprint density at radius 1 is 0.950 bits per heavy atom. The van der Waals surface area contributed by atoms with Crippen molar-refractivity contribution in [1.82, 2.24) is 0 Å². The number of esters is 1. The molecular weight excluding hydrogens is 528 g/mol. The molecular formula is C28H30O12. The van der Waals surface area contributed by atoms with Gasteiger partial charge >= 0.3 is 5.97 Å². The monoisotopic (exact) mass is 558 g/mol. The molecule has 0 amide bonds. The SMILES string of the molecule is O=C(OCC12C3OC4CC(O)(O3)C1CC42OC1OC(COc2ccc(O)cc2)C(O)C(O)C1O)c1ccccc1. The van der Waals surface area contributed by atoms with E-state index in [4.69, 9.17) is 28.4 Å². The number of aliphatic hydroxyl groups is 4. The van der Waals surface area contributed by atoms with E-state index in [0.717, 1.165) is 0 Å². The van der Waals surface area contributed by atoms with E-state index in [1.54, 1.807) is 30.3 Å². The highest BCUT2D eigenvalue weighted by Crippen LogP contribution is 2.78. The second-order valence-corrected chi connectivity index (χ2v) is 11.2. The Morgan fingerprint density at radius 3 is 2.45 bits per heavy atom. The molecule has 5 N–H and O–H groups in total. The molecule has 4 saturated heterocycles. The zero-order valence-electron chi connectivity index (χ0n) is 21.2. The lowest BCUT2D eigenvalue weighted by atomic mass is 9.44. The van der Waals surface area contributed by atoms with Crippen molar-refractivity contribution in [3.8, 4) is 11.5 Å². The van der Waals surface area contributed by atoms with E-state index in [1.165, 1.54) is 24.3 Å². The van der Waals surface area contributed by atoms with Crippen molar-refractivity contribution in [2.24, 2.45) is 11.3 Å². The number of phenolic OH excluding ortho intramolecular Hbond substituents is 1. The Labute approximate surface area is 228 Å². The van der Waals surface area contributed by atoms with Gasteiger partial charge in [0.25, 0.3) is 0 Å². The second-order valence-electron chi connectivity index (χ2n) is 11.2. The molecule has 4 aliphatic heterocycles. The van der Waals surface area contributed by atoms with Gasteiger partial charge in [-0.2, -0.15) is 0 Å². The van der Waals surface area contributed by atoms with Crippen LogP contribution in [0.3, 0.4) is 0 Å². The number of aromatic hydroxyl groups is 1. The first-order chi connectivity index (χ1) is 19.2. The number of hydrogen-bond donors (Lipinski definition) is 5. The average Bonchev–Trinajstić information content (AvgIpc) is 3.16. The summed E-state index contributed by atoms with van der Waals surface area (Å²) in [6.45, 7) is -0.354. The standard InChI is InChI=1S/C28H30O12/c29-15-6-8-16(9-7-15)35-12-17-20(30)21(31)22(32)24(37-17)39-27-10-18-26(27,25-38-19(27)11-28(18,34)40-25)13-36-23(33)14-4-2-1-3-5-14/h1-9,17-22,24-25,29-32,34H,10-13H2. The Kier molecular flexibility index (Phi) is 5.94. The second kappa shape index (κ2) is 9.10. The molecule has 3 saturated carbocycles. The van der Waals surface area contributed by atoms with Gasteiger partial charge in [-0.1, -0.05) is 18.2 Å². The minimum atomic E-state index is -1.61. The van der Waals surface area contributed by atoms with E-state index in [2.05, 4.69) is 0 Å². The van der Waals surface area contributed by atoms with Crippen molar-refractivity contribution in [3.63, 3.8) is 0 Å². The Hall–Kier alpha value is -2.81. The molecule has 0 radical (unpaired) electrons. The van der Waals surface area contributed by atoms with Crippen LogP contribution in [-0.4, -0.2) is 99.2 Å². The molecule has 12 nitrogen and oxygen atoms in total. The predicted molar refractivity (Wildman–Crippen MR) is 131 cm³/mol. The molecule has 7 aliphatic rings. The molecule has 11 atom stereocenters. The van der Waals surface area contributed by atoms with Gasteiger partial charge in [0.05, 0.1) is 17.1 Å². The molecule has 214 valence electrons. The van der Waals surface area contributed by atoms with Gasteiger partial charge in [-0.05, 0) is 42.8 Å². The lowest BCUT2D eigenvalue weighted by Crippen LogP contribution is -2.77. The number of aliphatic hydroxyl groups excluding tert-OH is 3. The maximum absolute atomic E-state index is 12.8. The Bertz CT molecular complexity index is 1270. The van der Waals surface area contributed by atoms with Gasteiger partial charge in [0.15, 0.2) is 18.4 Å². The van der Waals surface area contributed by atoms with E-state index in [-0.39, 0.29) is 31.8 Å². The number of hydrogen-bond acceptors (Lipinski definition) is 12. The van der Waals surface area contributed by atoms with Crippen LogP contribution in [0.5, 0.6) is 11.5 Å². The fourth-order valence-corrected chi connectivity index (χ4v) is 7.09. The predicted octanol–water partition coefficient (Wildman–Crippen LogP) is 0.0447. The van der Waals surface area contributed by atoms with E-state index < -0.39 is 71.8 Å². The molecule has 0 aromatic heterocycles. The lowest BCUT2D eigenvalue weighted by Gasteiger charge is -2.64. The van der Waals surface area contributed by atoms with Crippen molar-refractivity contribution in [2.45, 2.75) is 67.3 Å². The first-order valence-electron chi connectivity index (χ1n) is 13.2. The number of carbonyl (C=O) groups is 1. The number of phenols is 1. The maximum atomic E-state index is 12.8. The molecule has 2 aromatic rings. The molecule has 40 heavy (non-hydrogen) atoms. The number of benzene rings is 2. The van der Waals surface area contributed by atoms with Crippen molar-refractivity contribution in [1.29, 1.82) is 0 Å². The summed E-state index contributed by atoms with van der Waals surface area (Å²) in [7, 11) is 0. The van der Waals surface area contributed by atoms with Gasteiger partial charge in [0, 0.05) is 12.3 Å². The third kappa shape index (κ3) is 3.58. The van der Waals surface area contributed by atoms with E-state index >= 15 is 0 Å². The van der Waals surface area contributed by atoms with Gasteiger partial charge in [-0.15, -0.1) is 0 Å². The Morgan fingerprint density at radius 2 is 1.70 bits per heavy atom. The zero-order valence-corrected chi connectivity index (χ0v) is 21.2. The summed E-state index contributed by atoms with van der Waals surface area (Å²) in [6, 6.07) is 14.4. The summed E-state index contributed by atoms with van der Waals surface area (Å²) >= 11 is 0. The molecule has 4 heterocycles. The number of carbonyl (C=O) groups excluding carboxylic acids is 1. The molecule has 3 aliphatic carbocycles. The summed E-state index contributed by atoms with van der Waals surface area (Å²) in [5.41, 5.74) is -1.87. The molecule has 0 spiro atoms. The first-order valence-corrected chi connectivity index (χ1v) is 13.2. The van der Waals surface area contributed by atoms with Gasteiger partial charge in [0.1, 0.15) is 54.7 Å². The molecule has 6 bridgehead atoms. The Balaban J connectivity index is 1.11.